The van der Waals surface area contributed by atoms with Crippen molar-refractivity contribution in [3.63, 3.8) is 0 Å². The zero-order valence-electron chi connectivity index (χ0n) is 19.6. The molecule has 0 N–H and O–H groups in total. The summed E-state index contributed by atoms with van der Waals surface area (Å²) in [6.07, 6.45) is 4.10. The number of ether oxygens (including phenoxy) is 1. The fraction of sp³-hybridized carbons (Fsp3) is 0.259. The molecule has 0 saturated carbocycles. The van der Waals surface area contributed by atoms with Gasteiger partial charge in [0.05, 0.1) is 22.1 Å². The second-order valence-corrected chi connectivity index (χ2v) is 13.0. The van der Waals surface area contributed by atoms with Crippen LogP contribution in [0.1, 0.15) is 35.1 Å². The topological polar surface area (TPSA) is 80.8 Å². The lowest BCUT2D eigenvalue weighted by atomic mass is 9.79. The normalized spacial score (nSPS) is 19.9. The van der Waals surface area contributed by atoms with E-state index in [4.69, 9.17) is 4.74 Å². The average Bonchev–Trinajstić information content (AvgIpc) is 3.23. The maximum absolute atomic E-state index is 13.9. The van der Waals surface area contributed by atoms with E-state index in [0.29, 0.717) is 10.1 Å². The highest BCUT2D eigenvalue weighted by Gasteiger charge is 2.46. The van der Waals surface area contributed by atoms with Crippen LogP contribution in [0.4, 0.5) is 0 Å². The first-order valence-electron chi connectivity index (χ1n) is 11.5. The molecule has 1 aliphatic heterocycles. The summed E-state index contributed by atoms with van der Waals surface area (Å²) >= 11 is 0. The number of hydrogen-bond acceptors (Lipinski definition) is 5. The Hall–Kier alpha value is -2.94. The molecule has 0 aromatic heterocycles. The van der Waals surface area contributed by atoms with Gasteiger partial charge < -0.3 is 4.74 Å². The van der Waals surface area contributed by atoms with E-state index < -0.39 is 25.6 Å². The van der Waals surface area contributed by atoms with Gasteiger partial charge in [0, 0.05) is 0 Å². The van der Waals surface area contributed by atoms with Crippen LogP contribution < -0.4 is 0 Å². The highest BCUT2D eigenvalue weighted by atomic mass is 32.3. The molecule has 0 radical (unpaired) electrons. The van der Waals surface area contributed by atoms with Crippen LogP contribution in [-0.4, -0.2) is 27.2 Å². The first-order chi connectivity index (χ1) is 16.6. The van der Waals surface area contributed by atoms with Crippen LogP contribution in [0.5, 0.6) is 0 Å². The van der Waals surface area contributed by atoms with E-state index in [1.54, 1.807) is 30.3 Å². The summed E-state index contributed by atoms with van der Waals surface area (Å²) < 4.78 is 62.3. The van der Waals surface area contributed by atoms with Crippen molar-refractivity contribution >= 4 is 20.0 Å². The summed E-state index contributed by atoms with van der Waals surface area (Å²) in [5, 5.41) is 0. The largest absolute Gasteiger partial charge is 0.360 e. The van der Waals surface area contributed by atoms with Gasteiger partial charge in [0.2, 0.25) is 0 Å². The van der Waals surface area contributed by atoms with Crippen molar-refractivity contribution in [2.75, 3.05) is 6.61 Å². The maximum Gasteiger partial charge on any atom is 0.277 e. The second-order valence-electron chi connectivity index (χ2n) is 9.16. The number of fused-ring (bicyclic) bond motifs is 2. The Morgan fingerprint density at radius 2 is 1.31 bits per heavy atom. The van der Waals surface area contributed by atoms with Crippen molar-refractivity contribution in [3.8, 4) is 0 Å². The summed E-state index contributed by atoms with van der Waals surface area (Å²) in [5.74, 6) is 0. The third-order valence-corrected chi connectivity index (χ3v) is 10.9. The Morgan fingerprint density at radius 3 is 1.89 bits per heavy atom. The molecule has 8 heteroatoms. The summed E-state index contributed by atoms with van der Waals surface area (Å²) in [5.41, 5.74) is 3.08. The lowest BCUT2D eigenvalue weighted by Crippen LogP contribution is -2.36. The van der Waals surface area contributed by atoms with E-state index in [1.807, 2.05) is 38.1 Å². The Bertz CT molecular complexity index is 1430. The van der Waals surface area contributed by atoms with Crippen molar-refractivity contribution < 1.29 is 21.6 Å². The zero-order valence-corrected chi connectivity index (χ0v) is 21.3. The lowest BCUT2D eigenvalue weighted by Gasteiger charge is -2.33. The van der Waals surface area contributed by atoms with E-state index >= 15 is 0 Å². The number of sulfonamides is 2. The first kappa shape index (κ1) is 23.8. The molecule has 0 amide bonds. The third kappa shape index (κ3) is 4.09. The Labute approximate surface area is 207 Å². The van der Waals surface area contributed by atoms with Gasteiger partial charge >= 0.3 is 0 Å². The molecule has 0 bridgehead atoms. The smallest absolute Gasteiger partial charge is 0.277 e. The molecule has 3 aromatic carbocycles. The van der Waals surface area contributed by atoms with Crippen LogP contribution in [0, 0.1) is 13.8 Å². The predicted octanol–water partition coefficient (Wildman–Crippen LogP) is 4.83. The number of nitrogens with zero attached hydrogens (tertiary/aromatic N) is 1. The molecule has 1 unspecified atom stereocenters. The van der Waals surface area contributed by atoms with Crippen molar-refractivity contribution in [1.29, 1.82) is 0 Å². The fourth-order valence-corrected chi connectivity index (χ4v) is 8.56. The molecule has 35 heavy (non-hydrogen) atoms. The van der Waals surface area contributed by atoms with Gasteiger partial charge in [-0.2, -0.15) is 3.71 Å². The number of rotatable bonds is 5. The van der Waals surface area contributed by atoms with E-state index in [9.17, 15) is 16.8 Å². The summed E-state index contributed by atoms with van der Waals surface area (Å²) in [4.78, 5) is -0.186. The molecule has 182 valence electrons. The van der Waals surface area contributed by atoms with Gasteiger partial charge in [0.15, 0.2) is 0 Å². The minimum atomic E-state index is -4.45. The summed E-state index contributed by atoms with van der Waals surface area (Å²) in [6, 6.07) is 20.3. The fourth-order valence-electron chi connectivity index (χ4n) is 4.84. The van der Waals surface area contributed by atoms with Crippen molar-refractivity contribution in [2.45, 2.75) is 48.5 Å². The first-order valence-corrected chi connectivity index (χ1v) is 14.4. The van der Waals surface area contributed by atoms with Crippen LogP contribution in [-0.2, 0) is 36.8 Å². The Morgan fingerprint density at radius 1 is 0.771 bits per heavy atom. The number of hydrogen-bond donors (Lipinski definition) is 0. The molecular weight excluding hydrogens is 482 g/mol. The Kier molecular flexibility index (Phi) is 5.86. The molecule has 2 aliphatic rings. The van der Waals surface area contributed by atoms with Crippen molar-refractivity contribution in [2.24, 2.45) is 0 Å². The monoisotopic (exact) mass is 509 g/mol. The number of aryl methyl sites for hydroxylation is 3. The minimum absolute atomic E-state index is 0.0929. The standard InChI is InChI=1S/C27H27NO5S2/c1-20-9-13-24(14-10-20)34(29,30)28(35(31,32)25-15-11-21(2)12-16-25)23-18-27(33-19-23)17-5-7-22-6-3-4-8-26(22)27/h3-4,6,8-16,18H,5,7,17,19H2,1-2H3. The molecule has 1 spiro atoms. The van der Waals surface area contributed by atoms with Crippen molar-refractivity contribution in [1.82, 2.24) is 3.71 Å². The molecule has 3 aromatic rings. The molecule has 0 fully saturated rings. The lowest BCUT2D eigenvalue weighted by molar-refractivity contribution is 0.00622. The average molecular weight is 510 g/mol. The second kappa shape index (κ2) is 8.62. The van der Waals surface area contributed by atoms with E-state index in [0.717, 1.165) is 35.1 Å². The molecule has 0 saturated heterocycles. The Balaban J connectivity index is 1.69. The van der Waals surface area contributed by atoms with Crippen LogP contribution in [0.2, 0.25) is 0 Å². The van der Waals surface area contributed by atoms with Gasteiger partial charge in [-0.1, -0.05) is 59.7 Å². The van der Waals surface area contributed by atoms with Crippen molar-refractivity contribution in [3.05, 3.63) is 107 Å². The molecular formula is C27H27NO5S2. The van der Waals surface area contributed by atoms with Gasteiger partial charge in [-0.3, -0.25) is 0 Å². The van der Waals surface area contributed by atoms with Crippen LogP contribution in [0.25, 0.3) is 0 Å². The van der Waals surface area contributed by atoms with Crippen LogP contribution >= 0.6 is 0 Å². The van der Waals surface area contributed by atoms with E-state index in [-0.39, 0.29) is 22.1 Å². The zero-order chi connectivity index (χ0) is 24.8. The third-order valence-electron chi connectivity index (χ3n) is 6.65. The van der Waals surface area contributed by atoms with E-state index in [1.165, 1.54) is 24.3 Å². The van der Waals surface area contributed by atoms with Gasteiger partial charge in [-0.15, -0.1) is 0 Å². The van der Waals surface area contributed by atoms with Gasteiger partial charge in [-0.25, -0.2) is 16.8 Å². The highest BCUT2D eigenvalue weighted by molar-refractivity contribution is 8.04. The SMILES string of the molecule is Cc1ccc(S(=O)(=O)N(C2=CC3(CCCc4ccccc43)OC2)S(=O)(=O)c2ccc(C)cc2)cc1. The summed E-state index contributed by atoms with van der Waals surface area (Å²) in [6.45, 7) is 3.55. The van der Waals surface area contributed by atoms with Gasteiger partial charge in [0.25, 0.3) is 20.0 Å². The molecule has 6 nitrogen and oxygen atoms in total. The van der Waals surface area contributed by atoms with Gasteiger partial charge in [0.1, 0.15) is 5.60 Å². The summed E-state index contributed by atoms with van der Waals surface area (Å²) in [7, 11) is -8.91. The molecule has 5 rings (SSSR count). The van der Waals surface area contributed by atoms with E-state index in [2.05, 4.69) is 0 Å². The predicted molar refractivity (Wildman–Crippen MR) is 134 cm³/mol. The number of benzene rings is 3. The highest BCUT2D eigenvalue weighted by Crippen LogP contribution is 2.45. The molecule has 1 aliphatic carbocycles. The molecule has 1 heterocycles. The molecule has 1 atom stereocenters. The quantitative estimate of drug-likeness (QED) is 0.492. The minimum Gasteiger partial charge on any atom is -0.360 e. The van der Waals surface area contributed by atoms with Crippen LogP contribution in [0.15, 0.2) is 94.4 Å². The van der Waals surface area contributed by atoms with Gasteiger partial charge in [-0.05, 0) is 74.6 Å². The maximum atomic E-state index is 13.9. The van der Waals surface area contributed by atoms with Crippen LogP contribution in [0.3, 0.4) is 0 Å².